The Morgan fingerprint density at radius 1 is 1.19 bits per heavy atom. The van der Waals surface area contributed by atoms with E-state index in [0.717, 1.165) is 25.2 Å². The average molecular weight is 364 g/mol. The van der Waals surface area contributed by atoms with Crippen LogP contribution < -0.4 is 10.2 Å². The molecule has 3 aromatic rings. The normalized spacial score (nSPS) is 16.5. The number of hydrogen-bond acceptors (Lipinski definition) is 3. The lowest BCUT2D eigenvalue weighted by molar-refractivity contribution is 0.0948. The van der Waals surface area contributed by atoms with Crippen LogP contribution in [0.15, 0.2) is 67.0 Å². The highest BCUT2D eigenvalue weighted by Crippen LogP contribution is 2.25. The van der Waals surface area contributed by atoms with Gasteiger partial charge in [0, 0.05) is 37.6 Å². The SMILES string of the molecule is O=C(NC[C@H]1CCN(c2ccccc2F)C1)c1cccc(-n2cccn2)c1. The largest absolute Gasteiger partial charge is 0.369 e. The van der Waals surface area contributed by atoms with E-state index < -0.39 is 0 Å². The first-order valence-electron chi connectivity index (χ1n) is 9.08. The van der Waals surface area contributed by atoms with Crippen LogP contribution in [-0.2, 0) is 0 Å². The van der Waals surface area contributed by atoms with Gasteiger partial charge in [0.1, 0.15) is 5.82 Å². The Balaban J connectivity index is 1.35. The molecule has 1 aliphatic heterocycles. The monoisotopic (exact) mass is 364 g/mol. The van der Waals surface area contributed by atoms with Crippen LogP contribution in [-0.4, -0.2) is 35.3 Å². The molecule has 0 unspecified atom stereocenters. The molecule has 27 heavy (non-hydrogen) atoms. The predicted molar refractivity (Wildman–Crippen MR) is 103 cm³/mol. The maximum Gasteiger partial charge on any atom is 0.251 e. The molecule has 1 atom stereocenters. The van der Waals surface area contributed by atoms with Crippen LogP contribution >= 0.6 is 0 Å². The molecular weight excluding hydrogens is 343 g/mol. The van der Waals surface area contributed by atoms with Crippen molar-refractivity contribution < 1.29 is 9.18 Å². The van der Waals surface area contributed by atoms with Gasteiger partial charge in [0.05, 0.1) is 11.4 Å². The third kappa shape index (κ3) is 3.84. The molecule has 1 aliphatic rings. The molecule has 0 bridgehead atoms. The molecule has 2 aromatic carbocycles. The van der Waals surface area contributed by atoms with Crippen molar-refractivity contribution in [3.05, 3.63) is 78.4 Å². The molecular formula is C21H21FN4O. The number of carbonyl (C=O) groups is 1. The van der Waals surface area contributed by atoms with Crippen molar-refractivity contribution >= 4 is 11.6 Å². The van der Waals surface area contributed by atoms with Crippen molar-refractivity contribution in [3.63, 3.8) is 0 Å². The van der Waals surface area contributed by atoms with Crippen LogP contribution in [0.3, 0.4) is 0 Å². The van der Waals surface area contributed by atoms with E-state index in [2.05, 4.69) is 10.4 Å². The van der Waals surface area contributed by atoms with Crippen molar-refractivity contribution in [2.75, 3.05) is 24.5 Å². The molecule has 5 nitrogen and oxygen atoms in total. The van der Waals surface area contributed by atoms with Gasteiger partial charge in [-0.2, -0.15) is 5.10 Å². The highest BCUT2D eigenvalue weighted by Gasteiger charge is 2.24. The predicted octanol–water partition coefficient (Wildman–Crippen LogP) is 3.27. The van der Waals surface area contributed by atoms with E-state index in [-0.39, 0.29) is 11.7 Å². The molecule has 1 saturated heterocycles. The van der Waals surface area contributed by atoms with Gasteiger partial charge < -0.3 is 10.2 Å². The molecule has 1 aromatic heterocycles. The minimum absolute atomic E-state index is 0.103. The quantitative estimate of drug-likeness (QED) is 0.756. The van der Waals surface area contributed by atoms with Gasteiger partial charge in [0.25, 0.3) is 5.91 Å². The first-order chi connectivity index (χ1) is 13.2. The van der Waals surface area contributed by atoms with Gasteiger partial charge >= 0.3 is 0 Å². The second-order valence-corrected chi connectivity index (χ2v) is 6.76. The van der Waals surface area contributed by atoms with E-state index in [1.54, 1.807) is 29.1 Å². The zero-order valence-corrected chi connectivity index (χ0v) is 14.9. The summed E-state index contributed by atoms with van der Waals surface area (Å²) in [5, 5.41) is 7.20. The Kier molecular flexibility index (Phi) is 4.87. The number of benzene rings is 2. The molecule has 4 rings (SSSR count). The second kappa shape index (κ2) is 7.61. The molecule has 0 radical (unpaired) electrons. The third-order valence-electron chi connectivity index (χ3n) is 4.91. The molecule has 138 valence electrons. The molecule has 0 saturated carbocycles. The highest BCUT2D eigenvalue weighted by molar-refractivity contribution is 5.94. The number of halogens is 1. The number of aromatic nitrogens is 2. The Morgan fingerprint density at radius 2 is 2.07 bits per heavy atom. The van der Waals surface area contributed by atoms with E-state index in [1.807, 2.05) is 41.4 Å². The van der Waals surface area contributed by atoms with E-state index in [9.17, 15) is 9.18 Å². The number of anilines is 1. The minimum Gasteiger partial charge on any atom is -0.369 e. The third-order valence-corrected chi connectivity index (χ3v) is 4.91. The minimum atomic E-state index is -0.197. The molecule has 1 fully saturated rings. The van der Waals surface area contributed by atoms with Gasteiger partial charge in [-0.25, -0.2) is 9.07 Å². The number of rotatable bonds is 5. The summed E-state index contributed by atoms with van der Waals surface area (Å²) in [6, 6.07) is 16.0. The van der Waals surface area contributed by atoms with Crippen LogP contribution in [0.2, 0.25) is 0 Å². The van der Waals surface area contributed by atoms with Crippen molar-refractivity contribution in [1.82, 2.24) is 15.1 Å². The number of hydrogen-bond donors (Lipinski definition) is 1. The van der Waals surface area contributed by atoms with Crippen LogP contribution in [0.1, 0.15) is 16.8 Å². The van der Waals surface area contributed by atoms with Crippen LogP contribution in [0.4, 0.5) is 10.1 Å². The maximum absolute atomic E-state index is 13.9. The molecule has 1 amide bonds. The molecule has 0 aliphatic carbocycles. The lowest BCUT2D eigenvalue weighted by atomic mass is 10.1. The van der Waals surface area contributed by atoms with Gasteiger partial charge in [0.2, 0.25) is 0 Å². The maximum atomic E-state index is 13.9. The van der Waals surface area contributed by atoms with Crippen molar-refractivity contribution in [2.24, 2.45) is 5.92 Å². The fourth-order valence-corrected chi connectivity index (χ4v) is 3.48. The fourth-order valence-electron chi connectivity index (χ4n) is 3.48. The lowest BCUT2D eigenvalue weighted by Crippen LogP contribution is -2.31. The number of carbonyl (C=O) groups excluding carboxylic acids is 1. The topological polar surface area (TPSA) is 50.2 Å². The molecule has 0 spiro atoms. The summed E-state index contributed by atoms with van der Waals surface area (Å²) in [4.78, 5) is 14.6. The van der Waals surface area contributed by atoms with Gasteiger partial charge in [-0.1, -0.05) is 18.2 Å². The Hall–Kier alpha value is -3.15. The van der Waals surface area contributed by atoms with E-state index >= 15 is 0 Å². The summed E-state index contributed by atoms with van der Waals surface area (Å²) in [5.74, 6) is 0.00817. The van der Waals surface area contributed by atoms with Crippen molar-refractivity contribution in [1.29, 1.82) is 0 Å². The molecule has 6 heteroatoms. The van der Waals surface area contributed by atoms with Crippen LogP contribution in [0.5, 0.6) is 0 Å². The molecule has 1 N–H and O–H groups in total. The number of amides is 1. The summed E-state index contributed by atoms with van der Waals surface area (Å²) in [7, 11) is 0. The summed E-state index contributed by atoms with van der Waals surface area (Å²) in [5.41, 5.74) is 2.09. The first kappa shape index (κ1) is 17.3. The van der Waals surface area contributed by atoms with Gasteiger partial charge in [0.15, 0.2) is 0 Å². The second-order valence-electron chi connectivity index (χ2n) is 6.76. The Bertz CT molecular complexity index is 925. The van der Waals surface area contributed by atoms with Gasteiger partial charge in [-0.3, -0.25) is 4.79 Å². The summed E-state index contributed by atoms with van der Waals surface area (Å²) >= 11 is 0. The highest BCUT2D eigenvalue weighted by atomic mass is 19.1. The fraction of sp³-hybridized carbons (Fsp3) is 0.238. The van der Waals surface area contributed by atoms with E-state index in [4.69, 9.17) is 0 Å². The number of nitrogens with zero attached hydrogens (tertiary/aromatic N) is 3. The van der Waals surface area contributed by atoms with Crippen molar-refractivity contribution in [2.45, 2.75) is 6.42 Å². The Labute approximate surface area is 157 Å². The average Bonchev–Trinajstić information content (AvgIpc) is 3.39. The number of nitrogens with one attached hydrogen (secondary N) is 1. The van der Waals surface area contributed by atoms with Gasteiger partial charge in [-0.05, 0) is 48.7 Å². The van der Waals surface area contributed by atoms with Crippen molar-refractivity contribution in [3.8, 4) is 5.69 Å². The standard InChI is InChI=1S/C21H21FN4O/c22-19-7-1-2-8-20(19)25-12-9-16(15-25)14-23-21(27)17-5-3-6-18(13-17)26-11-4-10-24-26/h1-8,10-11,13,16H,9,12,14-15H2,(H,23,27)/t16-/m1/s1. The smallest absolute Gasteiger partial charge is 0.251 e. The lowest BCUT2D eigenvalue weighted by Gasteiger charge is -2.19. The zero-order chi connectivity index (χ0) is 18.6. The molecule has 2 heterocycles. The van der Waals surface area contributed by atoms with Gasteiger partial charge in [-0.15, -0.1) is 0 Å². The summed E-state index contributed by atoms with van der Waals surface area (Å²) in [6.45, 7) is 2.13. The first-order valence-corrected chi connectivity index (χ1v) is 9.08. The van der Waals surface area contributed by atoms with E-state index in [0.29, 0.717) is 23.7 Å². The van der Waals surface area contributed by atoms with Crippen LogP contribution in [0, 0.1) is 11.7 Å². The van der Waals surface area contributed by atoms with Crippen LogP contribution in [0.25, 0.3) is 5.69 Å². The Morgan fingerprint density at radius 3 is 2.89 bits per heavy atom. The number of para-hydroxylation sites is 1. The summed E-state index contributed by atoms with van der Waals surface area (Å²) < 4.78 is 15.7. The zero-order valence-electron chi connectivity index (χ0n) is 14.9. The van der Waals surface area contributed by atoms with E-state index in [1.165, 1.54) is 6.07 Å². The summed E-state index contributed by atoms with van der Waals surface area (Å²) in [6.07, 6.45) is 4.48.